The molecule has 26 heavy (non-hydrogen) atoms. The highest BCUT2D eigenvalue weighted by atomic mass is 35.5. The number of hydrogen-bond acceptors (Lipinski definition) is 5. The fraction of sp³-hybridized carbons (Fsp3) is 0.235. The number of ether oxygens (including phenoxy) is 1. The Morgan fingerprint density at radius 2 is 1.96 bits per heavy atom. The van der Waals surface area contributed by atoms with Crippen molar-refractivity contribution in [3.63, 3.8) is 0 Å². The highest BCUT2D eigenvalue weighted by Gasteiger charge is 2.22. The summed E-state index contributed by atoms with van der Waals surface area (Å²) >= 11 is 5.84. The molecule has 1 aliphatic rings. The maximum Gasteiger partial charge on any atom is 0.270 e. The summed E-state index contributed by atoms with van der Waals surface area (Å²) < 4.78 is 19.2. The summed E-state index contributed by atoms with van der Waals surface area (Å²) in [5.41, 5.74) is 0.292. The van der Waals surface area contributed by atoms with Gasteiger partial charge in [0.15, 0.2) is 0 Å². The van der Waals surface area contributed by atoms with E-state index in [1.807, 2.05) is 4.90 Å². The fourth-order valence-electron chi connectivity index (χ4n) is 2.68. The summed E-state index contributed by atoms with van der Waals surface area (Å²) in [5.74, 6) is -1.31. The lowest BCUT2D eigenvalue weighted by atomic mass is 10.1. The number of nitro groups is 1. The monoisotopic (exact) mass is 379 g/mol. The first-order chi connectivity index (χ1) is 12.5. The van der Waals surface area contributed by atoms with Crippen LogP contribution in [0.1, 0.15) is 10.4 Å². The molecule has 1 heterocycles. The molecule has 1 saturated heterocycles. The Bertz CT molecular complexity index is 856. The van der Waals surface area contributed by atoms with E-state index >= 15 is 0 Å². The Kier molecular flexibility index (Phi) is 5.34. The average Bonchev–Trinajstić information content (AvgIpc) is 2.65. The lowest BCUT2D eigenvalue weighted by Crippen LogP contribution is -2.37. The van der Waals surface area contributed by atoms with E-state index in [0.29, 0.717) is 32.0 Å². The molecule has 2 aromatic rings. The number of nitrogens with one attached hydrogen (secondary N) is 1. The van der Waals surface area contributed by atoms with E-state index < -0.39 is 16.6 Å². The zero-order valence-corrected chi connectivity index (χ0v) is 14.3. The molecule has 0 radical (unpaired) electrons. The number of morpholine rings is 1. The highest BCUT2D eigenvalue weighted by molar-refractivity contribution is 6.31. The maximum absolute atomic E-state index is 13.9. The van der Waals surface area contributed by atoms with Crippen LogP contribution in [0.15, 0.2) is 36.4 Å². The molecule has 1 N–H and O–H groups in total. The smallest absolute Gasteiger partial charge is 0.270 e. The zero-order chi connectivity index (χ0) is 18.7. The molecule has 136 valence electrons. The average molecular weight is 380 g/mol. The number of amides is 1. The Labute approximate surface area is 153 Å². The van der Waals surface area contributed by atoms with Gasteiger partial charge in [-0.3, -0.25) is 14.9 Å². The van der Waals surface area contributed by atoms with Gasteiger partial charge in [0.25, 0.3) is 11.6 Å². The van der Waals surface area contributed by atoms with Gasteiger partial charge in [-0.15, -0.1) is 0 Å². The van der Waals surface area contributed by atoms with Gasteiger partial charge in [0.2, 0.25) is 0 Å². The SMILES string of the molecule is O=C(Nc1cc(Cl)ccc1F)c1cc([N+](=O)[O-])ccc1N1CCOCC1. The molecular formula is C17H15ClFN3O4. The fourth-order valence-corrected chi connectivity index (χ4v) is 2.85. The van der Waals surface area contributed by atoms with Gasteiger partial charge in [-0.25, -0.2) is 4.39 Å². The number of nitro benzene ring substituents is 1. The quantitative estimate of drug-likeness (QED) is 0.649. The van der Waals surface area contributed by atoms with Gasteiger partial charge in [0, 0.05) is 30.2 Å². The molecule has 0 atom stereocenters. The van der Waals surface area contributed by atoms with Crippen molar-refractivity contribution in [2.45, 2.75) is 0 Å². The van der Waals surface area contributed by atoms with Crippen LogP contribution >= 0.6 is 11.6 Å². The molecule has 0 saturated carbocycles. The molecule has 0 aliphatic carbocycles. The number of carbonyl (C=O) groups excluding carboxylic acids is 1. The zero-order valence-electron chi connectivity index (χ0n) is 13.6. The minimum Gasteiger partial charge on any atom is -0.378 e. The second kappa shape index (κ2) is 7.67. The standard InChI is InChI=1S/C17H15ClFN3O4/c18-11-1-3-14(19)15(9-11)20-17(23)13-10-12(22(24)25)2-4-16(13)21-5-7-26-8-6-21/h1-4,9-10H,5-8H2,(H,20,23). The molecular weight excluding hydrogens is 365 g/mol. The highest BCUT2D eigenvalue weighted by Crippen LogP contribution is 2.28. The normalized spacial score (nSPS) is 14.2. The molecule has 1 fully saturated rings. The van der Waals surface area contributed by atoms with E-state index in [0.717, 1.165) is 6.07 Å². The predicted octanol–water partition coefficient (Wildman–Crippen LogP) is 3.48. The van der Waals surface area contributed by atoms with E-state index in [4.69, 9.17) is 16.3 Å². The van der Waals surface area contributed by atoms with Crippen molar-refractivity contribution in [2.75, 3.05) is 36.5 Å². The molecule has 0 bridgehead atoms. The third-order valence-electron chi connectivity index (χ3n) is 3.96. The van der Waals surface area contributed by atoms with Crippen molar-refractivity contribution in [3.8, 4) is 0 Å². The largest absolute Gasteiger partial charge is 0.378 e. The molecule has 3 rings (SSSR count). The van der Waals surface area contributed by atoms with Crippen LogP contribution in [0.4, 0.5) is 21.5 Å². The number of nitrogens with zero attached hydrogens (tertiary/aromatic N) is 2. The number of halogens is 2. The topological polar surface area (TPSA) is 84.7 Å². The molecule has 0 unspecified atom stereocenters. The van der Waals surface area contributed by atoms with E-state index in [1.165, 1.54) is 30.3 Å². The molecule has 0 aromatic heterocycles. The van der Waals surface area contributed by atoms with E-state index in [1.54, 1.807) is 0 Å². The van der Waals surface area contributed by atoms with E-state index in [9.17, 15) is 19.3 Å². The van der Waals surface area contributed by atoms with Gasteiger partial charge >= 0.3 is 0 Å². The van der Waals surface area contributed by atoms with Gasteiger partial charge in [0.1, 0.15) is 5.82 Å². The van der Waals surface area contributed by atoms with Crippen LogP contribution in [0, 0.1) is 15.9 Å². The number of carbonyl (C=O) groups is 1. The van der Waals surface area contributed by atoms with Gasteiger partial charge in [-0.1, -0.05) is 11.6 Å². The number of non-ortho nitro benzene ring substituents is 1. The molecule has 1 amide bonds. The molecule has 2 aromatic carbocycles. The van der Waals surface area contributed by atoms with Gasteiger partial charge < -0.3 is 15.0 Å². The Hall–Kier alpha value is -2.71. The molecule has 0 spiro atoms. The first kappa shape index (κ1) is 18.1. The summed E-state index contributed by atoms with van der Waals surface area (Å²) in [6, 6.07) is 7.81. The van der Waals surface area contributed by atoms with Crippen LogP contribution in [-0.4, -0.2) is 37.1 Å². The van der Waals surface area contributed by atoms with Gasteiger partial charge in [-0.05, 0) is 24.3 Å². The predicted molar refractivity (Wildman–Crippen MR) is 95.5 cm³/mol. The van der Waals surface area contributed by atoms with Crippen molar-refractivity contribution in [1.29, 1.82) is 0 Å². The number of hydrogen-bond donors (Lipinski definition) is 1. The second-order valence-corrected chi connectivity index (χ2v) is 6.07. The minimum absolute atomic E-state index is 0.0838. The summed E-state index contributed by atoms with van der Waals surface area (Å²) in [7, 11) is 0. The molecule has 7 nitrogen and oxygen atoms in total. The summed E-state index contributed by atoms with van der Waals surface area (Å²) in [5, 5.41) is 13.8. The van der Waals surface area contributed by atoms with Crippen molar-refractivity contribution in [2.24, 2.45) is 0 Å². The lowest BCUT2D eigenvalue weighted by molar-refractivity contribution is -0.384. The maximum atomic E-state index is 13.9. The number of rotatable bonds is 4. The summed E-state index contributed by atoms with van der Waals surface area (Å²) in [4.78, 5) is 25.1. The van der Waals surface area contributed by atoms with E-state index in [-0.39, 0.29) is 22.0 Å². The van der Waals surface area contributed by atoms with Crippen LogP contribution < -0.4 is 10.2 Å². The second-order valence-electron chi connectivity index (χ2n) is 5.64. The Morgan fingerprint density at radius 1 is 1.23 bits per heavy atom. The van der Waals surface area contributed by atoms with Gasteiger partial charge in [0.05, 0.1) is 35.1 Å². The van der Waals surface area contributed by atoms with Crippen LogP contribution in [0.25, 0.3) is 0 Å². The van der Waals surface area contributed by atoms with Gasteiger partial charge in [-0.2, -0.15) is 0 Å². The number of anilines is 2. The third kappa shape index (κ3) is 3.92. The van der Waals surface area contributed by atoms with E-state index in [2.05, 4.69) is 5.32 Å². The van der Waals surface area contributed by atoms with Crippen LogP contribution in [0.3, 0.4) is 0 Å². The third-order valence-corrected chi connectivity index (χ3v) is 4.20. The summed E-state index contributed by atoms with van der Waals surface area (Å²) in [6.07, 6.45) is 0. The van der Waals surface area contributed by atoms with Crippen molar-refractivity contribution < 1.29 is 18.8 Å². The van der Waals surface area contributed by atoms with Crippen LogP contribution in [0.2, 0.25) is 5.02 Å². The Morgan fingerprint density at radius 3 is 2.65 bits per heavy atom. The number of benzene rings is 2. The van der Waals surface area contributed by atoms with Crippen molar-refractivity contribution in [1.82, 2.24) is 0 Å². The van der Waals surface area contributed by atoms with Crippen molar-refractivity contribution in [3.05, 3.63) is 62.9 Å². The van der Waals surface area contributed by atoms with Crippen LogP contribution in [-0.2, 0) is 4.74 Å². The minimum atomic E-state index is -0.656. The lowest BCUT2D eigenvalue weighted by Gasteiger charge is -2.30. The first-order valence-corrected chi connectivity index (χ1v) is 8.21. The first-order valence-electron chi connectivity index (χ1n) is 7.83. The molecule has 1 aliphatic heterocycles. The van der Waals surface area contributed by atoms with Crippen molar-refractivity contribution >= 4 is 34.6 Å². The summed E-state index contributed by atoms with van der Waals surface area (Å²) in [6.45, 7) is 2.06. The Balaban J connectivity index is 1.97. The molecule has 9 heteroatoms. The van der Waals surface area contributed by atoms with Crippen LogP contribution in [0.5, 0.6) is 0 Å².